The molecule has 0 spiro atoms. The number of hydrogen-bond acceptors (Lipinski definition) is 6. The van der Waals surface area contributed by atoms with Gasteiger partial charge in [0.15, 0.2) is 8.68 Å². The van der Waals surface area contributed by atoms with Crippen LogP contribution in [-0.4, -0.2) is 27.6 Å². The van der Waals surface area contributed by atoms with Crippen LogP contribution in [0, 0.1) is 5.92 Å². The minimum atomic E-state index is -0.0802. The molecule has 0 unspecified atom stereocenters. The Morgan fingerprint density at radius 2 is 1.96 bits per heavy atom. The molecule has 2 aromatic rings. The maximum atomic E-state index is 12.1. The lowest BCUT2D eigenvalue weighted by Crippen LogP contribution is -2.28. The van der Waals surface area contributed by atoms with Crippen molar-refractivity contribution in [1.29, 1.82) is 0 Å². The van der Waals surface area contributed by atoms with Crippen molar-refractivity contribution in [2.24, 2.45) is 5.92 Å². The number of benzene rings is 1. The van der Waals surface area contributed by atoms with E-state index in [9.17, 15) is 4.79 Å². The Bertz CT molecular complexity index is 678. The van der Waals surface area contributed by atoms with Gasteiger partial charge in [-0.1, -0.05) is 72.4 Å². The predicted octanol–water partition coefficient (Wildman–Crippen LogP) is 4.91. The van der Waals surface area contributed by atoms with Crippen molar-refractivity contribution in [2.75, 3.05) is 11.5 Å². The number of nitrogens with zero attached hydrogens (tertiary/aromatic N) is 2. The average molecular weight is 402 g/mol. The lowest BCUT2D eigenvalue weighted by atomic mass is 10.1. The molecule has 0 saturated carbocycles. The number of carbonyl (C=O) groups excluding carboxylic acids is 1. The van der Waals surface area contributed by atoms with Crippen molar-refractivity contribution >= 4 is 52.4 Å². The van der Waals surface area contributed by atoms with E-state index in [1.807, 2.05) is 31.2 Å². The van der Waals surface area contributed by atoms with Crippen molar-refractivity contribution in [3.63, 3.8) is 0 Å². The summed E-state index contributed by atoms with van der Waals surface area (Å²) in [6, 6.07) is 7.44. The van der Waals surface area contributed by atoms with Crippen molar-refractivity contribution < 1.29 is 4.79 Å². The molecule has 130 valence electrons. The van der Waals surface area contributed by atoms with E-state index in [-0.39, 0.29) is 11.9 Å². The largest absolute Gasteiger partial charge is 0.349 e. The summed E-state index contributed by atoms with van der Waals surface area (Å²) in [5, 5.41) is 11.9. The molecule has 4 nitrogen and oxygen atoms in total. The number of carbonyl (C=O) groups is 1. The third-order valence-corrected chi connectivity index (χ3v) is 6.83. The summed E-state index contributed by atoms with van der Waals surface area (Å²) in [4.78, 5) is 12.1. The third kappa shape index (κ3) is 6.63. The number of aromatic nitrogens is 2. The standard InChI is InChI=1S/C16H20ClN3OS3/c1-10(2)8-22-15-19-20-16(24-15)23-9-14(21)18-11(3)12-5-4-6-13(17)7-12/h4-7,10-11H,8-9H2,1-3H3,(H,18,21)/t11-/m0/s1. The summed E-state index contributed by atoms with van der Waals surface area (Å²) in [5.74, 6) is 1.94. The molecule has 1 aromatic carbocycles. The van der Waals surface area contributed by atoms with E-state index in [4.69, 9.17) is 11.6 Å². The van der Waals surface area contributed by atoms with E-state index in [1.54, 1.807) is 23.1 Å². The van der Waals surface area contributed by atoms with Crippen molar-refractivity contribution in [3.8, 4) is 0 Å². The van der Waals surface area contributed by atoms with Crippen LogP contribution in [0.3, 0.4) is 0 Å². The summed E-state index contributed by atoms with van der Waals surface area (Å²) >= 11 is 10.7. The van der Waals surface area contributed by atoms with Gasteiger partial charge in [0.2, 0.25) is 5.91 Å². The molecule has 24 heavy (non-hydrogen) atoms. The Balaban J connectivity index is 1.78. The first-order valence-electron chi connectivity index (χ1n) is 7.58. The van der Waals surface area contributed by atoms with Gasteiger partial charge < -0.3 is 5.32 Å². The van der Waals surface area contributed by atoms with Gasteiger partial charge in [-0.25, -0.2) is 0 Å². The highest BCUT2D eigenvalue weighted by molar-refractivity contribution is 8.03. The lowest BCUT2D eigenvalue weighted by Gasteiger charge is -2.14. The molecule has 1 amide bonds. The zero-order valence-electron chi connectivity index (χ0n) is 13.8. The zero-order chi connectivity index (χ0) is 17.5. The normalized spacial score (nSPS) is 12.4. The maximum Gasteiger partial charge on any atom is 0.230 e. The second kappa shape index (κ2) is 9.65. The van der Waals surface area contributed by atoms with Gasteiger partial charge in [-0.3, -0.25) is 4.79 Å². The molecule has 2 rings (SSSR count). The lowest BCUT2D eigenvalue weighted by molar-refractivity contribution is -0.119. The van der Waals surface area contributed by atoms with Crippen molar-refractivity contribution in [1.82, 2.24) is 15.5 Å². The second-order valence-corrected chi connectivity index (χ2v) is 9.58. The molecular formula is C16H20ClN3OS3. The van der Waals surface area contributed by atoms with E-state index in [0.29, 0.717) is 16.7 Å². The number of hydrogen-bond donors (Lipinski definition) is 1. The monoisotopic (exact) mass is 401 g/mol. The first kappa shape index (κ1) is 19.6. The van der Waals surface area contributed by atoms with Crippen LogP contribution in [0.25, 0.3) is 0 Å². The van der Waals surface area contributed by atoms with Crippen LogP contribution in [0.1, 0.15) is 32.4 Å². The zero-order valence-corrected chi connectivity index (χ0v) is 17.0. The molecule has 1 N–H and O–H groups in total. The average Bonchev–Trinajstić information content (AvgIpc) is 2.99. The van der Waals surface area contributed by atoms with Gasteiger partial charge in [0, 0.05) is 10.8 Å². The fraction of sp³-hybridized carbons (Fsp3) is 0.438. The molecular weight excluding hydrogens is 382 g/mol. The Morgan fingerprint density at radius 3 is 2.62 bits per heavy atom. The van der Waals surface area contributed by atoms with E-state index >= 15 is 0 Å². The van der Waals surface area contributed by atoms with E-state index < -0.39 is 0 Å². The minimum absolute atomic E-state index is 0.0286. The smallest absolute Gasteiger partial charge is 0.230 e. The quantitative estimate of drug-likeness (QED) is 0.637. The van der Waals surface area contributed by atoms with Gasteiger partial charge in [0.1, 0.15) is 0 Å². The summed E-state index contributed by atoms with van der Waals surface area (Å²) in [6.45, 7) is 6.30. The maximum absolute atomic E-state index is 12.1. The molecule has 1 heterocycles. The first-order chi connectivity index (χ1) is 11.4. The highest BCUT2D eigenvalue weighted by atomic mass is 35.5. The molecule has 0 fully saturated rings. The first-order valence-corrected chi connectivity index (χ1v) is 10.7. The van der Waals surface area contributed by atoms with Crippen LogP contribution in [0.15, 0.2) is 32.9 Å². The Kier molecular flexibility index (Phi) is 7.87. The summed E-state index contributed by atoms with van der Waals surface area (Å²) in [6.07, 6.45) is 0. The number of amides is 1. The highest BCUT2D eigenvalue weighted by Crippen LogP contribution is 2.29. The van der Waals surface area contributed by atoms with Gasteiger partial charge in [-0.15, -0.1) is 10.2 Å². The third-order valence-electron chi connectivity index (χ3n) is 2.98. The Hall–Kier alpha value is -0.760. The number of thioether (sulfide) groups is 2. The number of nitrogens with one attached hydrogen (secondary N) is 1. The van der Waals surface area contributed by atoms with E-state index in [1.165, 1.54) is 11.8 Å². The molecule has 0 aliphatic carbocycles. The van der Waals surface area contributed by atoms with Gasteiger partial charge >= 0.3 is 0 Å². The van der Waals surface area contributed by atoms with Crippen LogP contribution >= 0.6 is 46.5 Å². The van der Waals surface area contributed by atoms with Crippen molar-refractivity contribution in [2.45, 2.75) is 35.5 Å². The Labute approximate surface area is 160 Å². The SMILES string of the molecule is CC(C)CSc1nnc(SCC(=O)N[C@@H](C)c2cccc(Cl)c2)s1. The van der Waals surface area contributed by atoms with Crippen molar-refractivity contribution in [3.05, 3.63) is 34.9 Å². The minimum Gasteiger partial charge on any atom is -0.349 e. The van der Waals surface area contributed by atoms with E-state index in [0.717, 1.165) is 20.0 Å². The van der Waals surface area contributed by atoms with Gasteiger partial charge in [0.25, 0.3) is 0 Å². The van der Waals surface area contributed by atoms with Gasteiger partial charge in [-0.2, -0.15) is 0 Å². The molecule has 0 aliphatic rings. The van der Waals surface area contributed by atoms with Gasteiger partial charge in [-0.05, 0) is 30.5 Å². The van der Waals surface area contributed by atoms with Gasteiger partial charge in [0.05, 0.1) is 11.8 Å². The van der Waals surface area contributed by atoms with Crippen LogP contribution in [-0.2, 0) is 4.79 Å². The van der Waals surface area contributed by atoms with Crippen LogP contribution in [0.4, 0.5) is 0 Å². The molecule has 0 radical (unpaired) electrons. The molecule has 0 bridgehead atoms. The topological polar surface area (TPSA) is 54.9 Å². The summed E-state index contributed by atoms with van der Waals surface area (Å²) in [5.41, 5.74) is 0.990. The highest BCUT2D eigenvalue weighted by Gasteiger charge is 2.12. The number of halogens is 1. The van der Waals surface area contributed by atoms with Crippen LogP contribution < -0.4 is 5.32 Å². The molecule has 0 aliphatic heterocycles. The number of rotatable bonds is 8. The fourth-order valence-corrected chi connectivity index (χ4v) is 4.83. The summed E-state index contributed by atoms with van der Waals surface area (Å²) < 4.78 is 1.78. The molecule has 8 heteroatoms. The summed E-state index contributed by atoms with van der Waals surface area (Å²) in [7, 11) is 0. The van der Waals surface area contributed by atoms with E-state index in [2.05, 4.69) is 29.4 Å². The van der Waals surface area contributed by atoms with Crippen LogP contribution in [0.2, 0.25) is 5.02 Å². The Morgan fingerprint density at radius 1 is 1.25 bits per heavy atom. The molecule has 1 atom stereocenters. The predicted molar refractivity (Wildman–Crippen MR) is 104 cm³/mol. The molecule has 1 aromatic heterocycles. The fourth-order valence-electron chi connectivity index (χ4n) is 1.82. The van der Waals surface area contributed by atoms with Crippen LogP contribution in [0.5, 0.6) is 0 Å². The second-order valence-electron chi connectivity index (χ2n) is 5.67. The molecule has 0 saturated heterocycles.